The highest BCUT2D eigenvalue weighted by molar-refractivity contribution is 9.10. The molecule has 25 heavy (non-hydrogen) atoms. The van der Waals surface area contributed by atoms with Crippen LogP contribution < -0.4 is 10.6 Å². The smallest absolute Gasteiger partial charge is 0.171 e. The van der Waals surface area contributed by atoms with Crippen LogP contribution in [-0.2, 0) is 0 Å². The maximum absolute atomic E-state index is 5.68. The molecule has 4 fully saturated rings. The van der Waals surface area contributed by atoms with Crippen LogP contribution in [0.5, 0.6) is 0 Å². The number of thiocarbonyl (C=S) groups is 1. The summed E-state index contributed by atoms with van der Waals surface area (Å²) in [6.07, 6.45) is 11.2. The summed E-state index contributed by atoms with van der Waals surface area (Å²) in [7, 11) is 0. The lowest BCUT2D eigenvalue weighted by molar-refractivity contribution is -0.0718. The highest BCUT2D eigenvalue weighted by Gasteiger charge is 2.54. The molecule has 2 N–H and O–H groups in total. The molecule has 0 aromatic heterocycles. The van der Waals surface area contributed by atoms with Crippen molar-refractivity contribution in [1.82, 2.24) is 5.32 Å². The van der Waals surface area contributed by atoms with Crippen molar-refractivity contribution >= 4 is 38.9 Å². The van der Waals surface area contributed by atoms with Crippen molar-refractivity contribution in [1.29, 1.82) is 0 Å². The summed E-state index contributed by atoms with van der Waals surface area (Å²) in [5.41, 5.74) is 1.55. The molecule has 0 saturated heterocycles. The Kier molecular flexibility index (Phi) is 5.11. The van der Waals surface area contributed by atoms with Gasteiger partial charge in [-0.1, -0.05) is 29.3 Å². The molecular weight excluding hydrogens is 392 g/mol. The van der Waals surface area contributed by atoms with E-state index in [1.165, 1.54) is 51.4 Å². The summed E-state index contributed by atoms with van der Waals surface area (Å²) >= 11 is 9.17. The number of rotatable bonds is 5. The monoisotopic (exact) mass is 420 g/mol. The third kappa shape index (κ3) is 3.75. The van der Waals surface area contributed by atoms with Gasteiger partial charge < -0.3 is 10.6 Å². The third-order valence-corrected chi connectivity index (χ3v) is 7.56. The molecule has 4 aliphatic carbocycles. The van der Waals surface area contributed by atoms with Crippen molar-refractivity contribution in [3.8, 4) is 0 Å². The quantitative estimate of drug-likeness (QED) is 0.560. The van der Waals surface area contributed by atoms with Crippen LogP contribution in [0.3, 0.4) is 0 Å². The minimum atomic E-state index is 0.496. The fourth-order valence-electron chi connectivity index (χ4n) is 6.28. The van der Waals surface area contributed by atoms with Gasteiger partial charge in [0.05, 0.1) is 0 Å². The Labute approximate surface area is 165 Å². The van der Waals surface area contributed by atoms with Crippen molar-refractivity contribution < 1.29 is 0 Å². The largest absolute Gasteiger partial charge is 0.359 e. The van der Waals surface area contributed by atoms with Gasteiger partial charge in [-0.2, -0.15) is 0 Å². The number of halogens is 1. The zero-order valence-electron chi connectivity index (χ0n) is 15.1. The molecule has 1 atom stereocenters. The molecule has 1 unspecified atom stereocenters. The van der Waals surface area contributed by atoms with E-state index < -0.39 is 0 Å². The average molecular weight is 421 g/mol. The van der Waals surface area contributed by atoms with E-state index in [0.717, 1.165) is 33.0 Å². The van der Waals surface area contributed by atoms with Gasteiger partial charge in [-0.05, 0) is 105 Å². The second-order valence-corrected chi connectivity index (χ2v) is 10.1. The Hall–Kier alpha value is -0.610. The van der Waals surface area contributed by atoms with E-state index in [0.29, 0.717) is 11.5 Å². The lowest BCUT2D eigenvalue weighted by atomic mass is 9.47. The van der Waals surface area contributed by atoms with Crippen LogP contribution in [0.1, 0.15) is 58.3 Å². The van der Waals surface area contributed by atoms with E-state index in [4.69, 9.17) is 12.2 Å². The molecule has 1 aromatic carbocycles. The van der Waals surface area contributed by atoms with Crippen LogP contribution in [0.2, 0.25) is 0 Å². The lowest BCUT2D eigenvalue weighted by Crippen LogP contribution is -2.57. The van der Waals surface area contributed by atoms with Crippen LogP contribution in [0.25, 0.3) is 0 Å². The Morgan fingerprint density at radius 3 is 2.20 bits per heavy atom. The summed E-state index contributed by atoms with van der Waals surface area (Å²) in [5.74, 6) is 2.96. The van der Waals surface area contributed by atoms with Gasteiger partial charge in [-0.25, -0.2) is 0 Å². The van der Waals surface area contributed by atoms with Gasteiger partial charge in [0.15, 0.2) is 5.11 Å². The van der Waals surface area contributed by atoms with Gasteiger partial charge in [-0.3, -0.25) is 0 Å². The molecule has 0 amide bonds. The first-order valence-electron chi connectivity index (χ1n) is 9.89. The van der Waals surface area contributed by atoms with Gasteiger partial charge in [0.1, 0.15) is 0 Å². The van der Waals surface area contributed by atoms with Gasteiger partial charge in [0.2, 0.25) is 0 Å². The SMILES string of the molecule is CCCC(NC(=S)Nc1ccc(Br)cc1)C12CC3CC(CC(C3)C1)C2. The Bertz CT molecular complexity index is 592. The van der Waals surface area contributed by atoms with Crippen molar-refractivity contribution in [3.63, 3.8) is 0 Å². The van der Waals surface area contributed by atoms with E-state index >= 15 is 0 Å². The highest BCUT2D eigenvalue weighted by atomic mass is 79.9. The molecular formula is C21H29BrN2S. The lowest BCUT2D eigenvalue weighted by Gasteiger charge is -2.59. The molecule has 136 valence electrons. The second kappa shape index (κ2) is 7.19. The predicted molar refractivity (Wildman–Crippen MR) is 113 cm³/mol. The number of hydrogen-bond acceptors (Lipinski definition) is 1. The molecule has 0 aliphatic heterocycles. The standard InChI is InChI=1S/C21H29BrN2S/c1-2-3-19(24-20(25)23-18-6-4-17(22)5-7-18)21-11-14-8-15(12-21)10-16(9-14)13-21/h4-7,14-16,19H,2-3,8-13H2,1H3,(H2,23,24,25). The molecule has 2 nitrogen and oxygen atoms in total. The Balaban J connectivity index is 1.46. The molecule has 0 spiro atoms. The summed E-state index contributed by atoms with van der Waals surface area (Å²) in [6.45, 7) is 2.31. The summed E-state index contributed by atoms with van der Waals surface area (Å²) in [5, 5.41) is 7.92. The van der Waals surface area contributed by atoms with Gasteiger partial charge >= 0.3 is 0 Å². The molecule has 4 saturated carbocycles. The molecule has 1 aromatic rings. The van der Waals surface area contributed by atoms with E-state index in [9.17, 15) is 0 Å². The number of nitrogens with one attached hydrogen (secondary N) is 2. The molecule has 4 aliphatic rings. The fraction of sp³-hybridized carbons (Fsp3) is 0.667. The van der Waals surface area contributed by atoms with Crippen molar-refractivity contribution in [2.45, 2.75) is 64.3 Å². The Morgan fingerprint density at radius 1 is 1.12 bits per heavy atom. The maximum atomic E-state index is 5.68. The number of anilines is 1. The van der Waals surface area contributed by atoms with Crippen molar-refractivity contribution in [2.75, 3.05) is 5.32 Å². The van der Waals surface area contributed by atoms with E-state index in [2.05, 4.69) is 45.6 Å². The van der Waals surface area contributed by atoms with Gasteiger partial charge in [0.25, 0.3) is 0 Å². The minimum absolute atomic E-state index is 0.496. The maximum Gasteiger partial charge on any atom is 0.171 e. The molecule has 0 heterocycles. The van der Waals surface area contributed by atoms with Gasteiger partial charge in [-0.15, -0.1) is 0 Å². The van der Waals surface area contributed by atoms with Crippen LogP contribution >= 0.6 is 28.1 Å². The molecule has 0 radical (unpaired) electrons. The predicted octanol–water partition coefficient (Wildman–Crippen LogP) is 6.12. The molecule has 5 rings (SSSR count). The van der Waals surface area contributed by atoms with Gasteiger partial charge in [0, 0.05) is 16.2 Å². The first-order valence-corrected chi connectivity index (χ1v) is 11.1. The van der Waals surface area contributed by atoms with E-state index in [1.807, 2.05) is 12.1 Å². The highest BCUT2D eigenvalue weighted by Crippen LogP contribution is 2.61. The number of benzene rings is 1. The first-order chi connectivity index (χ1) is 12.1. The first kappa shape index (κ1) is 17.8. The second-order valence-electron chi connectivity index (χ2n) is 8.73. The zero-order chi connectivity index (χ0) is 17.4. The average Bonchev–Trinajstić information content (AvgIpc) is 2.55. The van der Waals surface area contributed by atoms with Crippen LogP contribution in [0, 0.1) is 23.2 Å². The van der Waals surface area contributed by atoms with Crippen LogP contribution in [-0.4, -0.2) is 11.2 Å². The van der Waals surface area contributed by atoms with E-state index in [1.54, 1.807) is 0 Å². The Morgan fingerprint density at radius 2 is 1.68 bits per heavy atom. The zero-order valence-corrected chi connectivity index (χ0v) is 17.5. The van der Waals surface area contributed by atoms with E-state index in [-0.39, 0.29) is 0 Å². The summed E-state index contributed by atoms with van der Waals surface area (Å²) in [6, 6.07) is 8.76. The number of hydrogen-bond donors (Lipinski definition) is 2. The third-order valence-electron chi connectivity index (χ3n) is 6.81. The normalized spacial score (nSPS) is 33.9. The van der Waals surface area contributed by atoms with Crippen LogP contribution in [0.4, 0.5) is 5.69 Å². The molecule has 4 bridgehead atoms. The molecule has 4 heteroatoms. The minimum Gasteiger partial charge on any atom is -0.359 e. The van der Waals surface area contributed by atoms with Crippen LogP contribution in [0.15, 0.2) is 28.7 Å². The topological polar surface area (TPSA) is 24.1 Å². The summed E-state index contributed by atoms with van der Waals surface area (Å²) < 4.78 is 1.09. The summed E-state index contributed by atoms with van der Waals surface area (Å²) in [4.78, 5) is 0. The van der Waals surface area contributed by atoms with Crippen molar-refractivity contribution in [2.24, 2.45) is 23.2 Å². The van der Waals surface area contributed by atoms with Crippen molar-refractivity contribution in [3.05, 3.63) is 28.7 Å². The fourth-order valence-corrected chi connectivity index (χ4v) is 6.81.